The monoisotopic (exact) mass is 162 g/mol. The molecular weight excluding hydrogens is 148 g/mol. The third-order valence-electron chi connectivity index (χ3n) is 2.96. The minimum atomic E-state index is 0.296. The van der Waals surface area contributed by atoms with E-state index in [1.54, 1.807) is 0 Å². The Labute approximate surface area is 73.5 Å². The van der Waals surface area contributed by atoms with Crippen molar-refractivity contribution in [3.8, 4) is 6.07 Å². The average molecular weight is 162 g/mol. The van der Waals surface area contributed by atoms with Gasteiger partial charge in [0.05, 0.1) is 12.0 Å². The summed E-state index contributed by atoms with van der Waals surface area (Å²) >= 11 is 0. The molecule has 2 unspecified atom stereocenters. The molecule has 1 aliphatic carbocycles. The van der Waals surface area contributed by atoms with Crippen LogP contribution in [0.3, 0.4) is 0 Å². The second-order valence-corrected chi connectivity index (χ2v) is 3.66. The molecule has 0 N–H and O–H groups in total. The molecule has 0 saturated heterocycles. The molecule has 0 spiro atoms. The lowest BCUT2D eigenvalue weighted by molar-refractivity contribution is 0.230. The Morgan fingerprint density at radius 1 is 1.25 bits per heavy atom. The highest BCUT2D eigenvalue weighted by Gasteiger charge is 2.31. The minimum Gasteiger partial charge on any atom is -0.292 e. The van der Waals surface area contributed by atoms with Crippen LogP contribution in [0, 0.1) is 17.2 Å². The fourth-order valence-electron chi connectivity index (χ4n) is 2.29. The fourth-order valence-corrected chi connectivity index (χ4v) is 2.29. The van der Waals surface area contributed by atoms with Gasteiger partial charge in [-0.25, -0.2) is 0 Å². The van der Waals surface area contributed by atoms with Crippen molar-refractivity contribution in [1.82, 2.24) is 4.90 Å². The lowest BCUT2D eigenvalue weighted by Crippen LogP contribution is -2.35. The van der Waals surface area contributed by atoms with Crippen molar-refractivity contribution in [2.75, 3.05) is 13.1 Å². The van der Waals surface area contributed by atoms with E-state index in [4.69, 9.17) is 5.26 Å². The van der Waals surface area contributed by atoms with Crippen molar-refractivity contribution in [3.05, 3.63) is 12.2 Å². The summed E-state index contributed by atoms with van der Waals surface area (Å²) in [6, 6.07) is 2.97. The minimum absolute atomic E-state index is 0.296. The molecule has 0 aromatic rings. The summed E-state index contributed by atoms with van der Waals surface area (Å²) in [7, 11) is 0. The molecule has 0 amide bonds. The molecule has 1 heterocycles. The van der Waals surface area contributed by atoms with Gasteiger partial charge in [-0.15, -0.1) is 0 Å². The van der Waals surface area contributed by atoms with E-state index >= 15 is 0 Å². The maximum absolute atomic E-state index is 8.90. The number of nitriles is 1. The molecule has 0 aromatic carbocycles. The van der Waals surface area contributed by atoms with Gasteiger partial charge < -0.3 is 0 Å². The van der Waals surface area contributed by atoms with Gasteiger partial charge in [-0.05, 0) is 12.8 Å². The third-order valence-corrected chi connectivity index (χ3v) is 2.96. The first-order valence-corrected chi connectivity index (χ1v) is 4.70. The van der Waals surface area contributed by atoms with E-state index in [1.165, 1.54) is 12.8 Å². The van der Waals surface area contributed by atoms with E-state index in [0.717, 1.165) is 19.5 Å². The van der Waals surface area contributed by atoms with Crippen LogP contribution in [0.5, 0.6) is 0 Å². The lowest BCUT2D eigenvalue weighted by atomic mass is 10.0. The molecule has 2 rings (SSSR count). The van der Waals surface area contributed by atoms with E-state index < -0.39 is 0 Å². The van der Waals surface area contributed by atoms with E-state index in [-0.39, 0.29) is 0 Å². The summed E-state index contributed by atoms with van der Waals surface area (Å²) in [5.74, 6) is 0.296. The van der Waals surface area contributed by atoms with E-state index in [2.05, 4.69) is 23.1 Å². The van der Waals surface area contributed by atoms with Gasteiger partial charge in [-0.3, -0.25) is 4.90 Å². The Morgan fingerprint density at radius 3 is 2.67 bits per heavy atom. The Kier molecular flexibility index (Phi) is 2.14. The molecule has 2 atom stereocenters. The van der Waals surface area contributed by atoms with Gasteiger partial charge in [0.15, 0.2) is 0 Å². The topological polar surface area (TPSA) is 27.0 Å². The van der Waals surface area contributed by atoms with Crippen molar-refractivity contribution < 1.29 is 0 Å². The zero-order chi connectivity index (χ0) is 8.39. The Balaban J connectivity index is 1.99. The van der Waals surface area contributed by atoms with Crippen molar-refractivity contribution >= 4 is 0 Å². The molecule has 64 valence electrons. The Morgan fingerprint density at radius 2 is 2.00 bits per heavy atom. The lowest BCUT2D eigenvalue weighted by Gasteiger charge is -2.25. The van der Waals surface area contributed by atoms with Gasteiger partial charge in [0.25, 0.3) is 0 Å². The first-order chi connectivity index (χ1) is 5.92. The van der Waals surface area contributed by atoms with Crippen molar-refractivity contribution in [3.63, 3.8) is 0 Å². The van der Waals surface area contributed by atoms with Crippen LogP contribution in [0.25, 0.3) is 0 Å². The maximum atomic E-state index is 8.90. The van der Waals surface area contributed by atoms with Gasteiger partial charge in [0, 0.05) is 19.1 Å². The largest absolute Gasteiger partial charge is 0.292 e. The quantitative estimate of drug-likeness (QED) is 0.547. The van der Waals surface area contributed by atoms with Crippen LogP contribution in [-0.2, 0) is 0 Å². The summed E-state index contributed by atoms with van der Waals surface area (Å²) < 4.78 is 0. The zero-order valence-corrected chi connectivity index (χ0v) is 7.24. The number of nitrogens with zero attached hydrogens (tertiary/aromatic N) is 2. The molecule has 0 bridgehead atoms. The predicted octanol–water partition coefficient (Wildman–Crippen LogP) is 1.55. The average Bonchev–Trinajstić information content (AvgIpc) is 2.74. The van der Waals surface area contributed by atoms with Crippen LogP contribution in [0.4, 0.5) is 0 Å². The molecule has 2 heteroatoms. The first kappa shape index (κ1) is 7.82. The van der Waals surface area contributed by atoms with Crippen LogP contribution in [-0.4, -0.2) is 24.0 Å². The van der Waals surface area contributed by atoms with Crippen molar-refractivity contribution in [2.45, 2.75) is 25.3 Å². The molecule has 0 aromatic heterocycles. The zero-order valence-electron chi connectivity index (χ0n) is 7.24. The molecular formula is C10H14N2. The smallest absolute Gasteiger partial charge is 0.0672 e. The number of hydrogen-bond acceptors (Lipinski definition) is 2. The fraction of sp³-hybridized carbons (Fsp3) is 0.700. The van der Waals surface area contributed by atoms with Gasteiger partial charge in [0.1, 0.15) is 0 Å². The van der Waals surface area contributed by atoms with Crippen LogP contribution < -0.4 is 0 Å². The molecule has 0 radical (unpaired) electrons. The van der Waals surface area contributed by atoms with Crippen LogP contribution in [0.15, 0.2) is 12.2 Å². The summed E-state index contributed by atoms with van der Waals surface area (Å²) in [6.45, 7) is 2.12. The van der Waals surface area contributed by atoms with Crippen molar-refractivity contribution in [1.29, 1.82) is 5.26 Å². The number of rotatable bonds is 1. The molecule has 1 saturated carbocycles. The Bertz CT molecular complexity index is 218. The second-order valence-electron chi connectivity index (χ2n) is 3.66. The number of hydrogen-bond donors (Lipinski definition) is 0. The van der Waals surface area contributed by atoms with Crippen LogP contribution in [0.1, 0.15) is 19.3 Å². The maximum Gasteiger partial charge on any atom is 0.0672 e. The highest BCUT2D eigenvalue weighted by atomic mass is 15.2. The highest BCUT2D eigenvalue weighted by molar-refractivity contribution is 5.04. The summed E-state index contributed by atoms with van der Waals surface area (Å²) in [4.78, 5) is 2.42. The first-order valence-electron chi connectivity index (χ1n) is 4.70. The Hall–Kier alpha value is -0.810. The van der Waals surface area contributed by atoms with Gasteiger partial charge in [-0.2, -0.15) is 5.26 Å². The normalized spacial score (nSPS) is 35.6. The van der Waals surface area contributed by atoms with Gasteiger partial charge in [0.2, 0.25) is 0 Å². The van der Waals surface area contributed by atoms with E-state index in [9.17, 15) is 0 Å². The molecule has 1 aliphatic heterocycles. The predicted molar refractivity (Wildman–Crippen MR) is 47.5 cm³/mol. The molecule has 1 fully saturated rings. The summed E-state index contributed by atoms with van der Waals surface area (Å²) in [5, 5.41) is 8.90. The van der Waals surface area contributed by atoms with Gasteiger partial charge in [-0.1, -0.05) is 18.6 Å². The van der Waals surface area contributed by atoms with E-state index in [1.807, 2.05) is 0 Å². The molecule has 12 heavy (non-hydrogen) atoms. The van der Waals surface area contributed by atoms with Crippen LogP contribution in [0.2, 0.25) is 0 Å². The second kappa shape index (κ2) is 3.28. The van der Waals surface area contributed by atoms with Crippen molar-refractivity contribution in [2.24, 2.45) is 5.92 Å². The molecule has 2 aliphatic rings. The SMILES string of the molecule is N#CC1CCCC1N1CC=CC1. The third kappa shape index (κ3) is 1.25. The summed E-state index contributed by atoms with van der Waals surface area (Å²) in [6.07, 6.45) is 7.97. The van der Waals surface area contributed by atoms with Crippen LogP contribution >= 0.6 is 0 Å². The molecule has 2 nitrogen and oxygen atoms in total. The van der Waals surface area contributed by atoms with Gasteiger partial charge >= 0.3 is 0 Å². The standard InChI is InChI=1S/C10H14N2/c11-8-9-4-3-5-10(9)12-6-1-2-7-12/h1-2,9-10H,3-7H2. The summed E-state index contributed by atoms with van der Waals surface area (Å²) in [5.41, 5.74) is 0. The van der Waals surface area contributed by atoms with E-state index in [0.29, 0.717) is 12.0 Å². The highest BCUT2D eigenvalue weighted by Crippen LogP contribution is 2.30.